The zero-order valence-electron chi connectivity index (χ0n) is 16.8. The van der Waals surface area contributed by atoms with Gasteiger partial charge in [0, 0.05) is 31.4 Å². The lowest BCUT2D eigenvalue weighted by molar-refractivity contribution is 0.492. The second kappa shape index (κ2) is 7.99. The Morgan fingerprint density at radius 3 is 2.48 bits per heavy atom. The molecule has 4 aromatic rings. The minimum Gasteiger partial charge on any atom is -0.353 e. The number of para-hydroxylation sites is 2. The number of H-pyrrole nitrogens is 1. The van der Waals surface area contributed by atoms with Crippen molar-refractivity contribution in [2.24, 2.45) is 0 Å². The maximum Gasteiger partial charge on any atom is 0.263 e. The highest BCUT2D eigenvalue weighted by Crippen LogP contribution is 2.32. The van der Waals surface area contributed by atoms with E-state index < -0.39 is 10.0 Å². The molecule has 0 spiro atoms. The van der Waals surface area contributed by atoms with Gasteiger partial charge in [0.1, 0.15) is 5.82 Å². The Morgan fingerprint density at radius 1 is 1.00 bits per heavy atom. The molecule has 0 radical (unpaired) electrons. The highest BCUT2D eigenvalue weighted by molar-refractivity contribution is 7.92. The number of imidazole rings is 1. The van der Waals surface area contributed by atoms with E-state index in [0.29, 0.717) is 17.9 Å². The molecule has 1 unspecified atom stereocenters. The Balaban J connectivity index is 1.55. The van der Waals surface area contributed by atoms with Crippen molar-refractivity contribution in [2.75, 3.05) is 22.7 Å². The van der Waals surface area contributed by atoms with Crippen LogP contribution in [0, 0.1) is 0 Å². The van der Waals surface area contributed by atoms with Gasteiger partial charge in [0.15, 0.2) is 11.6 Å². The molecule has 2 N–H and O–H groups in total. The number of aromatic amines is 1. The van der Waals surface area contributed by atoms with Crippen molar-refractivity contribution in [3.8, 4) is 0 Å². The van der Waals surface area contributed by atoms with Gasteiger partial charge in [-0.2, -0.15) is 0 Å². The summed E-state index contributed by atoms with van der Waals surface area (Å²) in [6, 6.07) is 15.8. The van der Waals surface area contributed by atoms with Crippen molar-refractivity contribution in [3.63, 3.8) is 0 Å². The quantitative estimate of drug-likeness (QED) is 0.498. The first-order valence-corrected chi connectivity index (χ1v) is 11.7. The number of benzene rings is 2. The summed E-state index contributed by atoms with van der Waals surface area (Å²) in [7, 11) is -3.80. The SMILES string of the molecule is O=S(=O)(Nc1nc2ccccc2nc1N1CCCC(c2ncc[nH]2)C1)c1ccccc1. The molecule has 1 fully saturated rings. The normalized spacial score (nSPS) is 17.0. The molecule has 1 aliphatic rings. The molecule has 0 amide bonds. The van der Waals surface area contributed by atoms with Gasteiger partial charge < -0.3 is 9.88 Å². The number of piperidine rings is 1. The van der Waals surface area contributed by atoms with Gasteiger partial charge in [0.05, 0.1) is 15.9 Å². The number of sulfonamides is 1. The fraction of sp³-hybridized carbons (Fsp3) is 0.227. The molecule has 5 rings (SSSR count). The van der Waals surface area contributed by atoms with Gasteiger partial charge >= 0.3 is 0 Å². The van der Waals surface area contributed by atoms with E-state index in [0.717, 1.165) is 30.7 Å². The highest BCUT2D eigenvalue weighted by Gasteiger charge is 2.28. The van der Waals surface area contributed by atoms with Crippen LogP contribution in [0.4, 0.5) is 11.6 Å². The van der Waals surface area contributed by atoms with E-state index in [1.807, 2.05) is 30.5 Å². The summed E-state index contributed by atoms with van der Waals surface area (Å²) in [5.41, 5.74) is 1.36. The summed E-state index contributed by atoms with van der Waals surface area (Å²) in [4.78, 5) is 19.3. The number of aromatic nitrogens is 4. The van der Waals surface area contributed by atoms with Crippen molar-refractivity contribution in [2.45, 2.75) is 23.7 Å². The lowest BCUT2D eigenvalue weighted by Crippen LogP contribution is -2.36. The maximum atomic E-state index is 13.0. The summed E-state index contributed by atoms with van der Waals surface area (Å²) < 4.78 is 28.7. The molecule has 3 heterocycles. The van der Waals surface area contributed by atoms with E-state index in [4.69, 9.17) is 4.98 Å². The Labute approximate surface area is 180 Å². The van der Waals surface area contributed by atoms with Gasteiger partial charge in [-0.3, -0.25) is 4.72 Å². The first kappa shape index (κ1) is 19.5. The van der Waals surface area contributed by atoms with Crippen LogP contribution in [0.1, 0.15) is 24.6 Å². The van der Waals surface area contributed by atoms with Gasteiger partial charge in [0.25, 0.3) is 10.0 Å². The van der Waals surface area contributed by atoms with Crippen molar-refractivity contribution >= 4 is 32.7 Å². The summed E-state index contributed by atoms with van der Waals surface area (Å²) in [5.74, 6) is 1.93. The van der Waals surface area contributed by atoms with Crippen molar-refractivity contribution in [1.29, 1.82) is 0 Å². The van der Waals surface area contributed by atoms with Gasteiger partial charge in [-0.15, -0.1) is 0 Å². The van der Waals surface area contributed by atoms with Crippen LogP contribution in [0.25, 0.3) is 11.0 Å². The second-order valence-electron chi connectivity index (χ2n) is 7.56. The van der Waals surface area contributed by atoms with E-state index in [1.165, 1.54) is 0 Å². The molecule has 31 heavy (non-hydrogen) atoms. The summed E-state index contributed by atoms with van der Waals surface area (Å²) in [6.07, 6.45) is 5.54. The molecule has 0 aliphatic carbocycles. The topological polar surface area (TPSA) is 104 Å². The van der Waals surface area contributed by atoms with Crippen molar-refractivity contribution in [3.05, 3.63) is 72.8 Å². The van der Waals surface area contributed by atoms with Gasteiger partial charge in [-0.05, 0) is 37.1 Å². The summed E-state index contributed by atoms with van der Waals surface area (Å²) in [6.45, 7) is 1.45. The smallest absolute Gasteiger partial charge is 0.263 e. The zero-order valence-corrected chi connectivity index (χ0v) is 17.6. The van der Waals surface area contributed by atoms with E-state index in [9.17, 15) is 8.42 Å². The van der Waals surface area contributed by atoms with Crippen LogP contribution in [0.3, 0.4) is 0 Å². The van der Waals surface area contributed by atoms with E-state index in [-0.39, 0.29) is 16.6 Å². The molecule has 2 aromatic heterocycles. The van der Waals surface area contributed by atoms with Gasteiger partial charge in [-0.25, -0.2) is 23.4 Å². The molecule has 8 nitrogen and oxygen atoms in total. The number of anilines is 2. The standard InChI is InChI=1S/C22H22N6O2S/c29-31(30,17-8-2-1-3-9-17)27-21-22(26-19-11-5-4-10-18(19)25-21)28-14-6-7-16(15-28)20-23-12-13-24-20/h1-5,8-13,16H,6-7,14-15H2,(H,23,24)(H,25,27). The van der Waals surface area contributed by atoms with Crippen LogP contribution >= 0.6 is 0 Å². The van der Waals surface area contributed by atoms with Crippen LogP contribution in [-0.2, 0) is 10.0 Å². The largest absolute Gasteiger partial charge is 0.353 e. The van der Waals surface area contributed by atoms with Crippen molar-refractivity contribution in [1.82, 2.24) is 19.9 Å². The fourth-order valence-electron chi connectivity index (χ4n) is 3.96. The number of nitrogens with zero attached hydrogens (tertiary/aromatic N) is 4. The van der Waals surface area contributed by atoms with E-state index in [1.54, 1.807) is 36.5 Å². The van der Waals surface area contributed by atoms with Crippen LogP contribution in [0.2, 0.25) is 0 Å². The van der Waals surface area contributed by atoms with Crippen LogP contribution in [0.5, 0.6) is 0 Å². The van der Waals surface area contributed by atoms with Gasteiger partial charge in [-0.1, -0.05) is 30.3 Å². The number of nitrogens with one attached hydrogen (secondary N) is 2. The van der Waals surface area contributed by atoms with Crippen LogP contribution in [0.15, 0.2) is 71.9 Å². The summed E-state index contributed by atoms with van der Waals surface area (Å²) >= 11 is 0. The predicted octanol–water partition coefficient (Wildman–Crippen LogP) is 3.54. The summed E-state index contributed by atoms with van der Waals surface area (Å²) in [5, 5.41) is 0. The van der Waals surface area contributed by atoms with E-state index in [2.05, 4.69) is 24.6 Å². The monoisotopic (exact) mass is 434 g/mol. The molecule has 0 bridgehead atoms. The van der Waals surface area contributed by atoms with Gasteiger partial charge in [0.2, 0.25) is 0 Å². The average Bonchev–Trinajstić information content (AvgIpc) is 3.34. The molecule has 0 saturated carbocycles. The third-order valence-corrected chi connectivity index (χ3v) is 6.82. The lowest BCUT2D eigenvalue weighted by atomic mass is 9.97. The van der Waals surface area contributed by atoms with E-state index >= 15 is 0 Å². The third kappa shape index (κ3) is 3.96. The number of rotatable bonds is 5. The molecule has 2 aromatic carbocycles. The molecule has 1 atom stereocenters. The average molecular weight is 435 g/mol. The molecule has 1 aliphatic heterocycles. The molecular formula is C22H22N6O2S. The maximum absolute atomic E-state index is 13.0. The zero-order chi connectivity index (χ0) is 21.3. The second-order valence-corrected chi connectivity index (χ2v) is 9.25. The first-order chi connectivity index (χ1) is 15.1. The Hall–Kier alpha value is -3.46. The lowest BCUT2D eigenvalue weighted by Gasteiger charge is -2.33. The minimum absolute atomic E-state index is 0.183. The Kier molecular flexibility index (Phi) is 5.03. The predicted molar refractivity (Wildman–Crippen MR) is 120 cm³/mol. The minimum atomic E-state index is -3.80. The fourth-order valence-corrected chi connectivity index (χ4v) is 4.98. The van der Waals surface area contributed by atoms with Crippen molar-refractivity contribution < 1.29 is 8.42 Å². The molecular weight excluding hydrogens is 412 g/mol. The highest BCUT2D eigenvalue weighted by atomic mass is 32.2. The Morgan fingerprint density at radius 2 is 1.74 bits per heavy atom. The number of hydrogen-bond donors (Lipinski definition) is 2. The number of hydrogen-bond acceptors (Lipinski definition) is 6. The third-order valence-electron chi connectivity index (χ3n) is 5.46. The Bertz CT molecular complexity index is 1290. The number of fused-ring (bicyclic) bond motifs is 1. The molecule has 9 heteroatoms. The molecule has 158 valence electrons. The van der Waals surface area contributed by atoms with Crippen LogP contribution in [-0.4, -0.2) is 41.4 Å². The van der Waals surface area contributed by atoms with Crippen LogP contribution < -0.4 is 9.62 Å². The first-order valence-electron chi connectivity index (χ1n) is 10.2. The molecule has 1 saturated heterocycles.